The summed E-state index contributed by atoms with van der Waals surface area (Å²) in [5.41, 5.74) is 7.68. The van der Waals surface area contributed by atoms with Crippen molar-refractivity contribution in [1.29, 1.82) is 5.41 Å². The topological polar surface area (TPSA) is 121 Å². The number of likely N-dealkylation sites (tertiary alicyclic amines) is 1. The summed E-state index contributed by atoms with van der Waals surface area (Å²) in [5, 5.41) is 10.3. The zero-order valence-corrected chi connectivity index (χ0v) is 16.9. The summed E-state index contributed by atoms with van der Waals surface area (Å²) < 4.78 is 5.33. The molecule has 1 aliphatic heterocycles. The van der Waals surface area contributed by atoms with E-state index in [1.165, 1.54) is 0 Å². The van der Waals surface area contributed by atoms with Crippen molar-refractivity contribution in [2.75, 3.05) is 18.4 Å². The van der Waals surface area contributed by atoms with Crippen LogP contribution in [0.15, 0.2) is 42.6 Å². The van der Waals surface area contributed by atoms with Crippen LogP contribution in [0.2, 0.25) is 0 Å². The number of aromatic nitrogens is 1. The predicted octanol–water partition coefficient (Wildman–Crippen LogP) is 3.06. The van der Waals surface area contributed by atoms with E-state index in [1.54, 1.807) is 41.4 Å². The monoisotopic (exact) mass is 409 g/mol. The molecule has 0 saturated carbocycles. The van der Waals surface area contributed by atoms with E-state index in [9.17, 15) is 9.59 Å². The predicted molar refractivity (Wildman–Crippen MR) is 114 cm³/mol. The fourth-order valence-electron chi connectivity index (χ4n) is 3.28. The Hall–Kier alpha value is -3.42. The fraction of sp³-hybridized carbons (Fsp3) is 0.364. The Morgan fingerprint density at radius 2 is 1.87 bits per heavy atom. The van der Waals surface area contributed by atoms with Gasteiger partial charge in [0.05, 0.1) is 0 Å². The molecule has 4 N–H and O–H groups in total. The van der Waals surface area contributed by atoms with Gasteiger partial charge in [0.15, 0.2) is 0 Å². The fourth-order valence-corrected chi connectivity index (χ4v) is 3.28. The molecule has 158 valence electrons. The number of carbonyl (C=O) groups excluding carboxylic acids is 2. The van der Waals surface area contributed by atoms with Crippen molar-refractivity contribution >= 4 is 23.7 Å². The summed E-state index contributed by atoms with van der Waals surface area (Å²) in [5.74, 6) is 0.154. The Balaban J connectivity index is 1.49. The molecule has 2 heterocycles. The smallest absolute Gasteiger partial charge is 0.323 e. The minimum Gasteiger partial charge on any atom is -0.461 e. The molecule has 0 radical (unpaired) electrons. The van der Waals surface area contributed by atoms with Gasteiger partial charge < -0.3 is 15.4 Å². The Kier molecular flexibility index (Phi) is 7.37. The molecule has 3 rings (SSSR count). The van der Waals surface area contributed by atoms with Gasteiger partial charge in [-0.2, -0.15) is 0 Å². The van der Waals surface area contributed by atoms with Gasteiger partial charge in [0.1, 0.15) is 18.3 Å². The number of nitrogens with one attached hydrogen (secondary N) is 2. The van der Waals surface area contributed by atoms with E-state index < -0.39 is 0 Å². The number of hydrogen-bond acceptors (Lipinski definition) is 5. The second-order valence-corrected chi connectivity index (χ2v) is 7.26. The van der Waals surface area contributed by atoms with Crippen LogP contribution in [0, 0.1) is 5.41 Å². The quantitative estimate of drug-likeness (QED) is 0.369. The number of nitrogens with zero attached hydrogens (tertiary/aromatic N) is 2. The zero-order chi connectivity index (χ0) is 21.3. The number of nitrogens with two attached hydrogens (primary N) is 1. The number of amidine groups is 1. The van der Waals surface area contributed by atoms with Crippen molar-refractivity contribution in [2.45, 2.75) is 38.7 Å². The summed E-state index contributed by atoms with van der Waals surface area (Å²) in [6, 6.07) is 10.5. The van der Waals surface area contributed by atoms with Gasteiger partial charge >= 0.3 is 12.0 Å². The third-order valence-corrected chi connectivity index (χ3v) is 5.02. The van der Waals surface area contributed by atoms with E-state index >= 15 is 0 Å². The number of ether oxygens (including phenoxy) is 1. The lowest BCUT2D eigenvalue weighted by molar-refractivity contribution is -0.144. The van der Waals surface area contributed by atoms with Crippen LogP contribution < -0.4 is 11.1 Å². The molecule has 1 aromatic heterocycles. The number of aryl methyl sites for hydroxylation is 1. The number of nitrogen functional groups attached to an aromatic ring is 1. The first-order chi connectivity index (χ1) is 14.5. The number of carbonyl (C=O) groups is 2. The Labute approximate surface area is 175 Å². The van der Waals surface area contributed by atoms with Gasteiger partial charge in [-0.15, -0.1) is 0 Å². The molecule has 1 aliphatic rings. The van der Waals surface area contributed by atoms with E-state index in [-0.39, 0.29) is 30.9 Å². The molecule has 1 fully saturated rings. The maximum absolute atomic E-state index is 12.4. The molecule has 8 heteroatoms. The van der Waals surface area contributed by atoms with Crippen LogP contribution in [0.5, 0.6) is 0 Å². The molecular weight excluding hydrogens is 382 g/mol. The lowest BCUT2D eigenvalue weighted by atomic mass is 10.1. The number of amides is 2. The average Bonchev–Trinajstić information content (AvgIpc) is 2.78. The number of pyridine rings is 1. The summed E-state index contributed by atoms with van der Waals surface area (Å²) >= 11 is 0. The molecule has 0 unspecified atom stereocenters. The second-order valence-electron chi connectivity index (χ2n) is 7.26. The van der Waals surface area contributed by atoms with Crippen molar-refractivity contribution in [2.24, 2.45) is 5.73 Å². The van der Waals surface area contributed by atoms with Gasteiger partial charge in [-0.25, -0.2) is 9.78 Å². The lowest BCUT2D eigenvalue weighted by Crippen LogP contribution is -2.39. The maximum Gasteiger partial charge on any atom is 0.323 e. The Morgan fingerprint density at radius 1 is 1.13 bits per heavy atom. The summed E-state index contributed by atoms with van der Waals surface area (Å²) in [6.45, 7) is 1.67. The summed E-state index contributed by atoms with van der Waals surface area (Å²) in [6.07, 6.45) is 5.42. The first-order valence-electron chi connectivity index (χ1n) is 10.1. The largest absolute Gasteiger partial charge is 0.461 e. The first-order valence-corrected chi connectivity index (χ1v) is 10.1. The molecule has 1 saturated heterocycles. The number of benzene rings is 1. The number of rotatable bonds is 7. The minimum absolute atomic E-state index is 0.00167. The lowest BCUT2D eigenvalue weighted by Gasteiger charge is -2.26. The number of urea groups is 1. The molecule has 1 aromatic carbocycles. The molecular formula is C22H27N5O3. The Bertz CT molecular complexity index is 892. The third-order valence-electron chi connectivity index (χ3n) is 5.02. The van der Waals surface area contributed by atoms with E-state index in [4.69, 9.17) is 15.9 Å². The van der Waals surface area contributed by atoms with E-state index in [0.29, 0.717) is 17.8 Å². The summed E-state index contributed by atoms with van der Waals surface area (Å²) in [4.78, 5) is 30.7. The van der Waals surface area contributed by atoms with E-state index in [0.717, 1.165) is 43.5 Å². The molecule has 2 aromatic rings. The molecule has 0 aliphatic carbocycles. The standard InChI is InChI=1S/C22H27N5O3/c23-20(24)17-8-6-16(7-9-17)15-30-19(28)11-10-18-5-4-12-25-21(18)26-22(29)27-13-2-1-3-14-27/h4-9,12H,1-3,10-11,13-15H2,(H3,23,24)(H,25,26,29). The SMILES string of the molecule is N=C(N)c1ccc(COC(=O)CCc2cccnc2NC(=O)N2CCCCC2)cc1. The van der Waals surface area contributed by atoms with Gasteiger partial charge in [0.25, 0.3) is 0 Å². The van der Waals surface area contributed by atoms with Crippen molar-refractivity contribution in [3.63, 3.8) is 0 Å². The maximum atomic E-state index is 12.4. The van der Waals surface area contributed by atoms with E-state index in [2.05, 4.69) is 10.3 Å². The van der Waals surface area contributed by atoms with Gasteiger partial charge in [-0.05, 0) is 42.9 Å². The van der Waals surface area contributed by atoms with Crippen LogP contribution in [-0.4, -0.2) is 40.8 Å². The minimum atomic E-state index is -0.331. The second kappa shape index (κ2) is 10.4. The molecule has 2 amide bonds. The van der Waals surface area contributed by atoms with Crippen molar-refractivity contribution < 1.29 is 14.3 Å². The highest BCUT2D eigenvalue weighted by molar-refractivity contribution is 5.94. The van der Waals surface area contributed by atoms with Gasteiger partial charge in [0, 0.05) is 31.3 Å². The third kappa shape index (κ3) is 6.04. The molecule has 8 nitrogen and oxygen atoms in total. The van der Waals surface area contributed by atoms with Gasteiger partial charge in [0.2, 0.25) is 0 Å². The van der Waals surface area contributed by atoms with Crippen LogP contribution >= 0.6 is 0 Å². The van der Waals surface area contributed by atoms with Gasteiger partial charge in [-0.1, -0.05) is 30.3 Å². The van der Waals surface area contributed by atoms with Crippen LogP contribution in [-0.2, 0) is 22.6 Å². The summed E-state index contributed by atoms with van der Waals surface area (Å²) in [7, 11) is 0. The normalized spacial score (nSPS) is 13.5. The number of hydrogen-bond donors (Lipinski definition) is 3. The van der Waals surface area contributed by atoms with Crippen LogP contribution in [0.1, 0.15) is 42.4 Å². The van der Waals surface area contributed by atoms with Crippen LogP contribution in [0.25, 0.3) is 0 Å². The van der Waals surface area contributed by atoms with Crippen LogP contribution in [0.4, 0.5) is 10.6 Å². The Morgan fingerprint density at radius 3 is 2.57 bits per heavy atom. The zero-order valence-electron chi connectivity index (χ0n) is 16.9. The highest BCUT2D eigenvalue weighted by Gasteiger charge is 2.18. The molecule has 0 atom stereocenters. The van der Waals surface area contributed by atoms with Crippen LogP contribution in [0.3, 0.4) is 0 Å². The molecule has 0 spiro atoms. The molecule has 30 heavy (non-hydrogen) atoms. The number of piperidine rings is 1. The average molecular weight is 409 g/mol. The van der Waals surface area contributed by atoms with Crippen molar-refractivity contribution in [3.05, 3.63) is 59.3 Å². The van der Waals surface area contributed by atoms with Crippen molar-refractivity contribution in [1.82, 2.24) is 9.88 Å². The number of anilines is 1. The number of esters is 1. The van der Waals surface area contributed by atoms with Crippen molar-refractivity contribution in [3.8, 4) is 0 Å². The highest BCUT2D eigenvalue weighted by Crippen LogP contribution is 2.17. The molecule has 0 bridgehead atoms. The first kappa shape index (κ1) is 21.3. The highest BCUT2D eigenvalue weighted by atomic mass is 16.5. The van der Waals surface area contributed by atoms with E-state index in [1.807, 2.05) is 6.07 Å². The van der Waals surface area contributed by atoms with Gasteiger partial charge in [-0.3, -0.25) is 15.5 Å².